The topological polar surface area (TPSA) is 82.8 Å². The number of hydrogen-bond acceptors (Lipinski definition) is 6. The molecule has 0 saturated carbocycles. The number of nitrogens with zero attached hydrogens (tertiary/aromatic N) is 2. The molecule has 0 fully saturated rings. The lowest BCUT2D eigenvalue weighted by Crippen LogP contribution is -2.25. The summed E-state index contributed by atoms with van der Waals surface area (Å²) in [6.45, 7) is 0.465. The molecule has 148 valence electrons. The van der Waals surface area contributed by atoms with Crippen molar-refractivity contribution >= 4 is 21.2 Å². The molecule has 0 bridgehead atoms. The molecule has 1 aromatic heterocycles. The van der Waals surface area contributed by atoms with Crippen LogP contribution < -0.4 is 5.32 Å². The fourth-order valence-electron chi connectivity index (χ4n) is 3.77. The van der Waals surface area contributed by atoms with Gasteiger partial charge in [-0.25, -0.2) is 13.4 Å². The van der Waals surface area contributed by atoms with Crippen molar-refractivity contribution in [3.05, 3.63) is 65.4 Å². The van der Waals surface area contributed by atoms with E-state index in [4.69, 9.17) is 5.26 Å². The lowest BCUT2D eigenvalue weighted by molar-refractivity contribution is 0.542. The standard InChI is InChI=1S/C22H21N3O2S2/c1-29(26,27)11-10-24-20-9-8-17-18(20)6-3-7-19(17)21-14-25-22(28-21)16-5-2-4-15(12-16)13-23/h2-7,12,14,20,24H,8-11H2,1H3. The number of nitriles is 1. The predicted molar refractivity (Wildman–Crippen MR) is 116 cm³/mol. The highest BCUT2D eigenvalue weighted by atomic mass is 32.2. The van der Waals surface area contributed by atoms with E-state index in [1.807, 2.05) is 24.4 Å². The van der Waals surface area contributed by atoms with Crippen molar-refractivity contribution in [2.45, 2.75) is 18.9 Å². The van der Waals surface area contributed by atoms with E-state index in [0.717, 1.165) is 28.3 Å². The van der Waals surface area contributed by atoms with E-state index >= 15 is 0 Å². The average Bonchev–Trinajstić information content (AvgIpc) is 3.35. The van der Waals surface area contributed by atoms with E-state index in [0.29, 0.717) is 12.1 Å². The maximum atomic E-state index is 11.4. The summed E-state index contributed by atoms with van der Waals surface area (Å²) in [6, 6.07) is 16.2. The van der Waals surface area contributed by atoms with Crippen molar-refractivity contribution in [1.82, 2.24) is 10.3 Å². The van der Waals surface area contributed by atoms with E-state index in [1.54, 1.807) is 17.4 Å². The minimum atomic E-state index is -2.96. The molecule has 1 N–H and O–H groups in total. The van der Waals surface area contributed by atoms with Crippen LogP contribution in [0.3, 0.4) is 0 Å². The van der Waals surface area contributed by atoms with Crippen LogP contribution in [0.4, 0.5) is 0 Å². The quantitative estimate of drug-likeness (QED) is 0.649. The molecule has 4 rings (SSSR count). The minimum absolute atomic E-state index is 0.151. The molecule has 3 aromatic rings. The Morgan fingerprint density at radius 1 is 1.28 bits per heavy atom. The van der Waals surface area contributed by atoms with Crippen molar-refractivity contribution < 1.29 is 8.42 Å². The molecule has 1 heterocycles. The zero-order valence-electron chi connectivity index (χ0n) is 16.1. The SMILES string of the molecule is CS(=O)(=O)CCNC1CCc2c(-c3cnc(-c4cccc(C#N)c4)s3)cccc21. The van der Waals surface area contributed by atoms with Crippen molar-refractivity contribution in [3.63, 3.8) is 0 Å². The third-order valence-electron chi connectivity index (χ3n) is 5.14. The third kappa shape index (κ3) is 4.40. The molecule has 0 aliphatic heterocycles. The fraction of sp³-hybridized carbons (Fsp3) is 0.273. The highest BCUT2D eigenvalue weighted by Crippen LogP contribution is 2.40. The normalized spacial score (nSPS) is 15.8. The van der Waals surface area contributed by atoms with Crippen LogP contribution in [0, 0.1) is 11.3 Å². The van der Waals surface area contributed by atoms with Crippen LogP contribution in [-0.4, -0.2) is 32.0 Å². The van der Waals surface area contributed by atoms with E-state index in [-0.39, 0.29) is 11.8 Å². The fourth-order valence-corrected chi connectivity index (χ4v) is 5.22. The molecular weight excluding hydrogens is 402 g/mol. The van der Waals surface area contributed by atoms with E-state index in [1.165, 1.54) is 22.9 Å². The molecule has 7 heteroatoms. The van der Waals surface area contributed by atoms with Crippen LogP contribution in [0.1, 0.15) is 29.2 Å². The Kier molecular flexibility index (Phi) is 5.50. The Morgan fingerprint density at radius 2 is 2.10 bits per heavy atom. The highest BCUT2D eigenvalue weighted by molar-refractivity contribution is 7.90. The van der Waals surface area contributed by atoms with Gasteiger partial charge in [0.1, 0.15) is 14.8 Å². The number of rotatable bonds is 6. The number of sulfone groups is 1. The van der Waals surface area contributed by atoms with Gasteiger partial charge >= 0.3 is 0 Å². The van der Waals surface area contributed by atoms with Crippen LogP contribution in [0.2, 0.25) is 0 Å². The molecular formula is C22H21N3O2S2. The Hall–Kier alpha value is -2.53. The third-order valence-corrected chi connectivity index (χ3v) is 7.17. The molecule has 0 saturated heterocycles. The maximum absolute atomic E-state index is 11.4. The number of thiazole rings is 1. The second-order valence-corrected chi connectivity index (χ2v) is 10.6. The van der Waals surface area contributed by atoms with E-state index in [2.05, 4.69) is 34.6 Å². The highest BCUT2D eigenvalue weighted by Gasteiger charge is 2.25. The number of nitrogens with one attached hydrogen (secondary N) is 1. The van der Waals surface area contributed by atoms with Gasteiger partial charge < -0.3 is 5.32 Å². The summed E-state index contributed by atoms with van der Waals surface area (Å²) in [5.74, 6) is 0.151. The Morgan fingerprint density at radius 3 is 2.90 bits per heavy atom. The number of benzene rings is 2. The first kappa shape index (κ1) is 19.8. The second-order valence-electron chi connectivity index (χ2n) is 7.27. The summed E-state index contributed by atoms with van der Waals surface area (Å²) in [6.07, 6.45) is 5.09. The van der Waals surface area contributed by atoms with Gasteiger partial charge in [-0.2, -0.15) is 5.26 Å². The molecule has 5 nitrogen and oxygen atoms in total. The van der Waals surface area contributed by atoms with E-state index in [9.17, 15) is 8.42 Å². The van der Waals surface area contributed by atoms with Gasteiger partial charge in [-0.05, 0) is 41.7 Å². The van der Waals surface area contributed by atoms with Crippen molar-refractivity contribution in [2.75, 3.05) is 18.6 Å². The van der Waals surface area contributed by atoms with Crippen LogP contribution in [0.15, 0.2) is 48.7 Å². The molecule has 1 aliphatic carbocycles. The van der Waals surface area contributed by atoms with Crippen molar-refractivity contribution in [3.8, 4) is 27.1 Å². The summed E-state index contributed by atoms with van der Waals surface area (Å²) in [7, 11) is -2.96. The Labute approximate surface area is 175 Å². The Bertz CT molecular complexity index is 1190. The summed E-state index contributed by atoms with van der Waals surface area (Å²) in [4.78, 5) is 5.69. The van der Waals surface area contributed by atoms with Gasteiger partial charge in [-0.1, -0.05) is 30.3 Å². The molecule has 0 amide bonds. The van der Waals surface area contributed by atoms with Gasteiger partial charge in [0.25, 0.3) is 0 Å². The number of hydrogen-bond donors (Lipinski definition) is 1. The number of fused-ring (bicyclic) bond motifs is 1. The van der Waals surface area contributed by atoms with Gasteiger partial charge in [0.05, 0.1) is 22.3 Å². The average molecular weight is 424 g/mol. The van der Waals surface area contributed by atoms with Crippen LogP contribution in [0.25, 0.3) is 21.0 Å². The first-order chi connectivity index (χ1) is 13.9. The first-order valence-corrected chi connectivity index (χ1v) is 12.3. The van der Waals surface area contributed by atoms with Gasteiger partial charge in [-0.3, -0.25) is 0 Å². The van der Waals surface area contributed by atoms with Gasteiger partial charge in [0.15, 0.2) is 0 Å². The van der Waals surface area contributed by atoms with Crippen LogP contribution in [-0.2, 0) is 16.3 Å². The molecule has 1 aliphatic rings. The van der Waals surface area contributed by atoms with E-state index < -0.39 is 9.84 Å². The summed E-state index contributed by atoms with van der Waals surface area (Å²) >= 11 is 1.63. The lowest BCUT2D eigenvalue weighted by Gasteiger charge is -2.14. The molecule has 0 radical (unpaired) electrons. The summed E-state index contributed by atoms with van der Waals surface area (Å²) in [5.41, 5.74) is 5.33. The first-order valence-electron chi connectivity index (χ1n) is 9.44. The summed E-state index contributed by atoms with van der Waals surface area (Å²) < 4.78 is 22.8. The predicted octanol–water partition coefficient (Wildman–Crippen LogP) is 3.97. The Balaban J connectivity index is 1.58. The molecule has 29 heavy (non-hydrogen) atoms. The summed E-state index contributed by atoms with van der Waals surface area (Å²) in [5, 5.41) is 13.4. The van der Waals surface area contributed by atoms with Gasteiger partial charge in [0, 0.05) is 30.6 Å². The smallest absolute Gasteiger partial charge is 0.148 e. The van der Waals surface area contributed by atoms with Crippen LogP contribution >= 0.6 is 11.3 Å². The second kappa shape index (κ2) is 8.07. The zero-order valence-corrected chi connectivity index (χ0v) is 17.7. The molecule has 2 aromatic carbocycles. The minimum Gasteiger partial charge on any atom is -0.309 e. The molecule has 1 unspecified atom stereocenters. The monoisotopic (exact) mass is 423 g/mol. The van der Waals surface area contributed by atoms with Gasteiger partial charge in [-0.15, -0.1) is 11.3 Å². The molecule has 0 spiro atoms. The van der Waals surface area contributed by atoms with Gasteiger partial charge in [0.2, 0.25) is 0 Å². The van der Waals surface area contributed by atoms with Crippen LogP contribution in [0.5, 0.6) is 0 Å². The molecule has 1 atom stereocenters. The maximum Gasteiger partial charge on any atom is 0.148 e. The zero-order chi connectivity index (χ0) is 20.4. The lowest BCUT2D eigenvalue weighted by atomic mass is 10.0. The van der Waals surface area contributed by atoms with Crippen molar-refractivity contribution in [1.29, 1.82) is 5.26 Å². The largest absolute Gasteiger partial charge is 0.309 e. The van der Waals surface area contributed by atoms with Crippen molar-refractivity contribution in [2.24, 2.45) is 0 Å². The number of aromatic nitrogens is 1.